The summed E-state index contributed by atoms with van der Waals surface area (Å²) in [6, 6.07) is 2.93. The van der Waals surface area contributed by atoms with Crippen molar-refractivity contribution in [3.8, 4) is 5.75 Å². The molecule has 0 bridgehead atoms. The van der Waals surface area contributed by atoms with Gasteiger partial charge in [-0.1, -0.05) is 11.6 Å². The zero-order chi connectivity index (χ0) is 15.7. The van der Waals surface area contributed by atoms with Gasteiger partial charge in [-0.05, 0) is 25.1 Å². The van der Waals surface area contributed by atoms with Crippen molar-refractivity contribution in [1.29, 1.82) is 0 Å². The minimum absolute atomic E-state index is 0.248. The van der Waals surface area contributed by atoms with Gasteiger partial charge >= 0.3 is 12.1 Å². The number of alkyl halides is 3. The van der Waals surface area contributed by atoms with Crippen molar-refractivity contribution in [2.45, 2.75) is 18.6 Å². The highest BCUT2D eigenvalue weighted by Crippen LogP contribution is 2.31. The Labute approximate surface area is 116 Å². The van der Waals surface area contributed by atoms with Crippen LogP contribution in [0.25, 0.3) is 0 Å². The molecule has 0 fully saturated rings. The summed E-state index contributed by atoms with van der Waals surface area (Å²) in [5, 5.41) is 18.9. The van der Waals surface area contributed by atoms with E-state index in [1.54, 1.807) is 0 Å². The lowest BCUT2D eigenvalue weighted by Crippen LogP contribution is -2.61. The van der Waals surface area contributed by atoms with Gasteiger partial charge in [-0.3, -0.25) is 4.79 Å². The van der Waals surface area contributed by atoms with Crippen molar-refractivity contribution >= 4 is 23.5 Å². The summed E-state index contributed by atoms with van der Waals surface area (Å²) in [5.41, 5.74) is -3.75. The molecule has 0 aromatic heterocycles. The van der Waals surface area contributed by atoms with Gasteiger partial charge in [0.2, 0.25) is 5.54 Å². The molecule has 0 aliphatic heterocycles. The predicted octanol–water partition coefficient (Wildman–Crippen LogP) is 2.18. The topological polar surface area (TPSA) is 86.6 Å². The number of hydrogen-bond acceptors (Lipinski definition) is 3. The number of carboxylic acids is 1. The molecule has 20 heavy (non-hydrogen) atoms. The normalized spacial score (nSPS) is 14.4. The summed E-state index contributed by atoms with van der Waals surface area (Å²) in [6.45, 7) is 0.329. The number of hydrogen-bond donors (Lipinski definition) is 3. The molecule has 1 aromatic carbocycles. The van der Waals surface area contributed by atoms with Crippen molar-refractivity contribution in [2.75, 3.05) is 0 Å². The summed E-state index contributed by atoms with van der Waals surface area (Å²) in [5.74, 6) is -3.89. The fraction of sp³-hybridized carbons (Fsp3) is 0.273. The zero-order valence-electron chi connectivity index (χ0n) is 9.95. The van der Waals surface area contributed by atoms with Crippen molar-refractivity contribution in [2.24, 2.45) is 0 Å². The number of carbonyl (C=O) groups excluding carboxylic acids is 1. The van der Waals surface area contributed by atoms with Crippen LogP contribution in [0.4, 0.5) is 13.2 Å². The number of phenols is 1. The van der Waals surface area contributed by atoms with Gasteiger partial charge in [0.1, 0.15) is 5.75 Å². The van der Waals surface area contributed by atoms with Gasteiger partial charge in [-0.2, -0.15) is 13.2 Å². The maximum absolute atomic E-state index is 12.7. The van der Waals surface area contributed by atoms with Crippen molar-refractivity contribution < 1.29 is 33.0 Å². The molecule has 0 aliphatic rings. The minimum atomic E-state index is -5.19. The van der Waals surface area contributed by atoms with E-state index in [1.165, 1.54) is 5.32 Å². The summed E-state index contributed by atoms with van der Waals surface area (Å²) >= 11 is 5.51. The van der Waals surface area contributed by atoms with E-state index in [-0.39, 0.29) is 16.3 Å². The standard InChI is InChI=1S/C11H9ClF3NO4/c1-10(9(19)20,11(13,14)15)16-8(18)5-2-3-7(17)6(12)4-5/h2-4,17H,1H3,(H,16,18)(H,19,20). The first-order valence-corrected chi connectivity index (χ1v) is 5.48. The van der Waals surface area contributed by atoms with Crippen molar-refractivity contribution in [1.82, 2.24) is 5.32 Å². The zero-order valence-corrected chi connectivity index (χ0v) is 10.7. The van der Waals surface area contributed by atoms with Crippen LogP contribution >= 0.6 is 11.6 Å². The molecule has 0 saturated carbocycles. The second kappa shape index (κ2) is 5.20. The molecule has 0 radical (unpaired) electrons. The SMILES string of the molecule is CC(NC(=O)c1ccc(O)c(Cl)c1)(C(=O)O)C(F)(F)F. The van der Waals surface area contributed by atoms with Crippen LogP contribution in [0, 0.1) is 0 Å². The summed E-state index contributed by atoms with van der Waals surface area (Å²) in [4.78, 5) is 22.4. The molecule has 0 aliphatic carbocycles. The van der Waals surface area contributed by atoms with E-state index >= 15 is 0 Å². The number of rotatable bonds is 3. The van der Waals surface area contributed by atoms with E-state index in [9.17, 15) is 22.8 Å². The third-order valence-corrected chi connectivity index (χ3v) is 2.87. The Morgan fingerprint density at radius 2 is 1.85 bits per heavy atom. The highest BCUT2D eigenvalue weighted by atomic mass is 35.5. The molecule has 9 heteroatoms. The van der Waals surface area contributed by atoms with E-state index in [2.05, 4.69) is 0 Å². The average Bonchev–Trinajstić information content (AvgIpc) is 2.30. The Morgan fingerprint density at radius 1 is 1.30 bits per heavy atom. The van der Waals surface area contributed by atoms with Crippen LogP contribution in [0.5, 0.6) is 5.75 Å². The third kappa shape index (κ3) is 2.96. The average molecular weight is 312 g/mol. The van der Waals surface area contributed by atoms with E-state index in [4.69, 9.17) is 21.8 Å². The molecule has 0 heterocycles. The van der Waals surface area contributed by atoms with E-state index < -0.39 is 23.6 Å². The second-order valence-corrected chi connectivity index (χ2v) is 4.46. The van der Waals surface area contributed by atoms with Gasteiger partial charge in [-0.15, -0.1) is 0 Å². The number of nitrogens with one attached hydrogen (secondary N) is 1. The third-order valence-electron chi connectivity index (χ3n) is 2.57. The Morgan fingerprint density at radius 3 is 2.25 bits per heavy atom. The van der Waals surface area contributed by atoms with Crippen LogP contribution in [0.3, 0.4) is 0 Å². The highest BCUT2D eigenvalue weighted by Gasteiger charge is 2.58. The molecule has 3 N–H and O–H groups in total. The fourth-order valence-electron chi connectivity index (χ4n) is 1.19. The highest BCUT2D eigenvalue weighted by molar-refractivity contribution is 6.32. The van der Waals surface area contributed by atoms with Gasteiger partial charge in [0, 0.05) is 5.56 Å². The number of carbonyl (C=O) groups is 2. The first kappa shape index (κ1) is 16.1. The molecule has 5 nitrogen and oxygen atoms in total. The number of aliphatic carboxylic acids is 1. The van der Waals surface area contributed by atoms with Crippen LogP contribution in [0.1, 0.15) is 17.3 Å². The Kier molecular flexibility index (Phi) is 4.18. The molecule has 1 unspecified atom stereocenters. The molecule has 1 amide bonds. The minimum Gasteiger partial charge on any atom is -0.506 e. The molecule has 1 aromatic rings. The predicted molar refractivity (Wildman–Crippen MR) is 62.7 cm³/mol. The summed E-state index contributed by atoms with van der Waals surface area (Å²) in [6.07, 6.45) is -5.19. The summed E-state index contributed by atoms with van der Waals surface area (Å²) in [7, 11) is 0. The van der Waals surface area contributed by atoms with Crippen LogP contribution in [-0.2, 0) is 4.79 Å². The van der Waals surface area contributed by atoms with E-state index in [0.29, 0.717) is 6.92 Å². The molecule has 0 spiro atoms. The monoisotopic (exact) mass is 311 g/mol. The molecular weight excluding hydrogens is 303 g/mol. The number of aromatic hydroxyl groups is 1. The van der Waals surface area contributed by atoms with Crippen LogP contribution in [0.2, 0.25) is 5.02 Å². The second-order valence-electron chi connectivity index (χ2n) is 4.05. The molecule has 1 rings (SSSR count). The molecule has 110 valence electrons. The first-order chi connectivity index (χ1) is 8.99. The lowest BCUT2D eigenvalue weighted by molar-refractivity contribution is -0.203. The molecular formula is C11H9ClF3NO4. The number of amides is 1. The van der Waals surface area contributed by atoms with Gasteiger partial charge in [0.15, 0.2) is 0 Å². The first-order valence-electron chi connectivity index (χ1n) is 5.10. The Balaban J connectivity index is 3.09. The molecule has 0 saturated heterocycles. The fourth-order valence-corrected chi connectivity index (χ4v) is 1.37. The quantitative estimate of drug-likeness (QED) is 0.798. The van der Waals surface area contributed by atoms with Gasteiger partial charge < -0.3 is 15.5 Å². The summed E-state index contributed by atoms with van der Waals surface area (Å²) < 4.78 is 38.1. The number of phenolic OH excluding ortho intramolecular Hbond substituents is 1. The van der Waals surface area contributed by atoms with E-state index in [1.807, 2.05) is 0 Å². The number of carboxylic acid groups (broad SMARTS) is 1. The number of benzene rings is 1. The van der Waals surface area contributed by atoms with Crippen LogP contribution in [0.15, 0.2) is 18.2 Å². The number of halogens is 4. The maximum atomic E-state index is 12.7. The Bertz CT molecular complexity index is 561. The van der Waals surface area contributed by atoms with Gasteiger partial charge in [0.25, 0.3) is 5.91 Å². The maximum Gasteiger partial charge on any atom is 0.422 e. The van der Waals surface area contributed by atoms with Crippen LogP contribution < -0.4 is 5.32 Å². The van der Waals surface area contributed by atoms with E-state index in [0.717, 1.165) is 18.2 Å². The molecule has 1 atom stereocenters. The van der Waals surface area contributed by atoms with Crippen molar-refractivity contribution in [3.63, 3.8) is 0 Å². The van der Waals surface area contributed by atoms with Crippen LogP contribution in [-0.4, -0.2) is 33.8 Å². The Hall–Kier alpha value is -1.96. The van der Waals surface area contributed by atoms with Gasteiger partial charge in [0.05, 0.1) is 5.02 Å². The van der Waals surface area contributed by atoms with Crippen molar-refractivity contribution in [3.05, 3.63) is 28.8 Å². The van der Waals surface area contributed by atoms with Gasteiger partial charge in [-0.25, -0.2) is 4.79 Å². The smallest absolute Gasteiger partial charge is 0.422 e. The lowest BCUT2D eigenvalue weighted by atomic mass is 10.0. The lowest BCUT2D eigenvalue weighted by Gasteiger charge is -2.28. The largest absolute Gasteiger partial charge is 0.506 e.